The molecule has 18 heavy (non-hydrogen) atoms. The molecular weight excluding hydrogens is 228 g/mol. The summed E-state index contributed by atoms with van der Waals surface area (Å²) in [6.07, 6.45) is 7.50. The number of hydrogen-bond donors (Lipinski definition) is 0. The Labute approximate surface area is 104 Å². The lowest BCUT2D eigenvalue weighted by atomic mass is 10.5. The van der Waals surface area contributed by atoms with Crippen LogP contribution in [0.25, 0.3) is 5.65 Å². The Morgan fingerprint density at radius 1 is 1.17 bits per heavy atom. The fraction of sp³-hybridized carbons (Fsp3) is 0.231. The van der Waals surface area contributed by atoms with E-state index in [9.17, 15) is 4.79 Å². The van der Waals surface area contributed by atoms with Gasteiger partial charge in [0.05, 0.1) is 12.2 Å². The number of aromatic nitrogens is 4. The molecule has 5 heteroatoms. The molecule has 3 aromatic heterocycles. The molecule has 0 saturated heterocycles. The molecule has 0 aliphatic heterocycles. The zero-order valence-corrected chi connectivity index (χ0v) is 10.2. The molecule has 0 spiro atoms. The minimum atomic E-state index is 0.00885. The first-order chi connectivity index (χ1) is 8.78. The number of nitrogens with zero attached hydrogens (tertiary/aromatic N) is 4. The average molecular weight is 242 g/mol. The normalized spacial score (nSPS) is 11.2. The quantitative estimate of drug-likeness (QED) is 0.696. The maximum absolute atomic E-state index is 11.9. The lowest BCUT2D eigenvalue weighted by Crippen LogP contribution is -2.23. The van der Waals surface area contributed by atoms with Gasteiger partial charge in [-0.1, -0.05) is 6.07 Å². The predicted octanol–water partition coefficient (Wildman–Crippen LogP) is 1.37. The molecule has 0 aliphatic rings. The highest BCUT2D eigenvalue weighted by molar-refractivity contribution is 5.39. The molecular formula is C13H14N4O. The molecule has 0 unspecified atom stereocenters. The van der Waals surface area contributed by atoms with Crippen molar-refractivity contribution in [2.75, 3.05) is 0 Å². The van der Waals surface area contributed by atoms with E-state index >= 15 is 0 Å². The van der Waals surface area contributed by atoms with Crippen molar-refractivity contribution in [3.63, 3.8) is 0 Å². The summed E-state index contributed by atoms with van der Waals surface area (Å²) in [7, 11) is 0. The van der Waals surface area contributed by atoms with E-state index in [2.05, 4.69) is 4.98 Å². The molecule has 0 bridgehead atoms. The molecule has 0 radical (unpaired) electrons. The first-order valence-electron chi connectivity index (χ1n) is 5.96. The number of imidazole rings is 2. The van der Waals surface area contributed by atoms with E-state index in [1.165, 1.54) is 0 Å². The van der Waals surface area contributed by atoms with Gasteiger partial charge in [0.2, 0.25) is 0 Å². The Morgan fingerprint density at radius 2 is 2.00 bits per heavy atom. The molecule has 0 N–H and O–H groups in total. The summed E-state index contributed by atoms with van der Waals surface area (Å²) in [5.41, 5.74) is 1.79. The number of fused-ring (bicyclic) bond motifs is 1. The van der Waals surface area contributed by atoms with E-state index in [-0.39, 0.29) is 5.69 Å². The number of hydrogen-bond acceptors (Lipinski definition) is 2. The first-order valence-corrected chi connectivity index (χ1v) is 5.96. The summed E-state index contributed by atoms with van der Waals surface area (Å²) in [6.45, 7) is 3.15. The van der Waals surface area contributed by atoms with Crippen molar-refractivity contribution in [2.24, 2.45) is 0 Å². The van der Waals surface area contributed by atoms with E-state index in [0.717, 1.165) is 11.3 Å². The Hall–Kier alpha value is -2.30. The summed E-state index contributed by atoms with van der Waals surface area (Å²) >= 11 is 0. The van der Waals surface area contributed by atoms with Gasteiger partial charge in [0, 0.05) is 31.3 Å². The fourth-order valence-electron chi connectivity index (χ4n) is 2.05. The van der Waals surface area contributed by atoms with Crippen molar-refractivity contribution in [2.45, 2.75) is 20.0 Å². The van der Waals surface area contributed by atoms with Gasteiger partial charge in [-0.25, -0.2) is 9.78 Å². The van der Waals surface area contributed by atoms with Crippen LogP contribution in [-0.2, 0) is 13.1 Å². The third-order valence-electron chi connectivity index (χ3n) is 3.00. The van der Waals surface area contributed by atoms with Gasteiger partial charge in [0.15, 0.2) is 0 Å². The van der Waals surface area contributed by atoms with Crippen LogP contribution in [0, 0.1) is 0 Å². The Morgan fingerprint density at radius 3 is 2.72 bits per heavy atom. The molecule has 0 atom stereocenters. The Bertz CT molecular complexity index is 702. The van der Waals surface area contributed by atoms with Gasteiger partial charge in [0.25, 0.3) is 0 Å². The standard InChI is InChI=1S/C13H14N4O/c1-2-15-7-8-17(13(15)18)10-11-9-16-6-4-3-5-12(16)14-11/h3-9H,2,10H2,1H3. The zero-order chi connectivity index (χ0) is 12.5. The van der Waals surface area contributed by atoms with Crippen molar-refractivity contribution in [1.82, 2.24) is 18.5 Å². The molecule has 0 aromatic carbocycles. The molecule has 0 fully saturated rings. The van der Waals surface area contributed by atoms with Gasteiger partial charge in [-0.05, 0) is 19.1 Å². The maximum Gasteiger partial charge on any atom is 0.328 e. The van der Waals surface area contributed by atoms with E-state index in [1.807, 2.05) is 41.9 Å². The van der Waals surface area contributed by atoms with Gasteiger partial charge in [-0.3, -0.25) is 9.13 Å². The predicted molar refractivity (Wildman–Crippen MR) is 68.7 cm³/mol. The number of rotatable bonds is 3. The van der Waals surface area contributed by atoms with Crippen LogP contribution in [0.1, 0.15) is 12.6 Å². The van der Waals surface area contributed by atoms with Crippen LogP contribution in [0.3, 0.4) is 0 Å². The van der Waals surface area contributed by atoms with Crippen LogP contribution in [-0.4, -0.2) is 18.5 Å². The summed E-state index contributed by atoms with van der Waals surface area (Å²) in [5, 5.41) is 0. The summed E-state index contributed by atoms with van der Waals surface area (Å²) in [4.78, 5) is 16.4. The van der Waals surface area contributed by atoms with Crippen molar-refractivity contribution < 1.29 is 0 Å². The van der Waals surface area contributed by atoms with Gasteiger partial charge in [0.1, 0.15) is 5.65 Å². The molecule has 3 aromatic rings. The lowest BCUT2D eigenvalue weighted by molar-refractivity contribution is 0.663. The Kier molecular flexibility index (Phi) is 2.51. The minimum Gasteiger partial charge on any atom is -0.307 e. The van der Waals surface area contributed by atoms with Crippen LogP contribution in [0.5, 0.6) is 0 Å². The van der Waals surface area contributed by atoms with Crippen LogP contribution >= 0.6 is 0 Å². The van der Waals surface area contributed by atoms with E-state index < -0.39 is 0 Å². The lowest BCUT2D eigenvalue weighted by Gasteiger charge is -1.97. The molecule has 5 nitrogen and oxygen atoms in total. The SMILES string of the molecule is CCn1ccn(Cc2cn3ccccc3n2)c1=O. The summed E-state index contributed by atoms with van der Waals surface area (Å²) in [6, 6.07) is 5.85. The van der Waals surface area contributed by atoms with Crippen LogP contribution in [0.15, 0.2) is 47.8 Å². The summed E-state index contributed by atoms with van der Waals surface area (Å²) in [5.74, 6) is 0. The topological polar surface area (TPSA) is 44.2 Å². The van der Waals surface area contributed by atoms with Crippen LogP contribution in [0.4, 0.5) is 0 Å². The molecule has 3 heterocycles. The van der Waals surface area contributed by atoms with Crippen molar-refractivity contribution in [3.8, 4) is 0 Å². The van der Waals surface area contributed by atoms with Gasteiger partial charge < -0.3 is 4.40 Å². The van der Waals surface area contributed by atoms with Gasteiger partial charge >= 0.3 is 5.69 Å². The van der Waals surface area contributed by atoms with Crippen molar-refractivity contribution >= 4 is 5.65 Å². The second-order valence-corrected chi connectivity index (χ2v) is 4.19. The highest BCUT2D eigenvalue weighted by atomic mass is 16.1. The number of aryl methyl sites for hydroxylation is 1. The zero-order valence-electron chi connectivity index (χ0n) is 10.2. The first kappa shape index (κ1) is 10.8. The molecule has 92 valence electrons. The second kappa shape index (κ2) is 4.18. The van der Waals surface area contributed by atoms with Crippen LogP contribution < -0.4 is 5.69 Å². The average Bonchev–Trinajstić information content (AvgIpc) is 2.94. The molecule has 0 amide bonds. The number of pyridine rings is 1. The van der Waals surface area contributed by atoms with E-state index in [4.69, 9.17) is 0 Å². The monoisotopic (exact) mass is 242 g/mol. The smallest absolute Gasteiger partial charge is 0.307 e. The highest BCUT2D eigenvalue weighted by Crippen LogP contribution is 2.05. The third kappa shape index (κ3) is 1.73. The second-order valence-electron chi connectivity index (χ2n) is 4.19. The van der Waals surface area contributed by atoms with Crippen molar-refractivity contribution in [1.29, 1.82) is 0 Å². The molecule has 3 rings (SSSR count). The largest absolute Gasteiger partial charge is 0.328 e. The van der Waals surface area contributed by atoms with Crippen molar-refractivity contribution in [3.05, 3.63) is 59.2 Å². The molecule has 0 saturated carbocycles. The maximum atomic E-state index is 11.9. The minimum absolute atomic E-state index is 0.00885. The molecule has 0 aliphatic carbocycles. The van der Waals surface area contributed by atoms with E-state index in [0.29, 0.717) is 13.1 Å². The Balaban J connectivity index is 1.96. The third-order valence-corrected chi connectivity index (χ3v) is 3.00. The van der Waals surface area contributed by atoms with Gasteiger partial charge in [-0.15, -0.1) is 0 Å². The fourth-order valence-corrected chi connectivity index (χ4v) is 2.05. The van der Waals surface area contributed by atoms with Crippen LogP contribution in [0.2, 0.25) is 0 Å². The van der Waals surface area contributed by atoms with Gasteiger partial charge in [-0.2, -0.15) is 0 Å². The van der Waals surface area contributed by atoms with E-state index in [1.54, 1.807) is 21.5 Å². The summed E-state index contributed by atoms with van der Waals surface area (Å²) < 4.78 is 5.30. The highest BCUT2D eigenvalue weighted by Gasteiger charge is 2.05.